The van der Waals surface area contributed by atoms with E-state index in [1.165, 1.54) is 0 Å². The number of aryl methyl sites for hydroxylation is 1. The smallest absolute Gasteiger partial charge is 0.265 e. The molecule has 0 radical (unpaired) electrons. The molecule has 0 bridgehead atoms. The van der Waals surface area contributed by atoms with E-state index in [9.17, 15) is 9.59 Å². The van der Waals surface area contributed by atoms with Gasteiger partial charge in [0.05, 0.1) is 30.8 Å². The molecule has 0 unspecified atom stereocenters. The van der Waals surface area contributed by atoms with Crippen molar-refractivity contribution in [2.75, 3.05) is 40.4 Å². The number of aromatic nitrogens is 2. The molecule has 0 N–H and O–H groups in total. The van der Waals surface area contributed by atoms with Gasteiger partial charge in [-0.15, -0.1) is 0 Å². The molecule has 4 aromatic rings. The Morgan fingerprint density at radius 3 is 2.30 bits per heavy atom. The standard InChI is InChI=1S/C29H30N4O4/c1-20-30-25-7-5-4-6-24(25)29(35)33(20)23-11-9-22(10-12-23)28(34)32-16-14-31(15-17-32)19-21-8-13-26(36-2)27(18-21)37-3/h4-13,18H,14-17,19H2,1-3H3. The van der Waals surface area contributed by atoms with Crippen LogP contribution in [0.2, 0.25) is 0 Å². The number of piperazine rings is 1. The van der Waals surface area contributed by atoms with E-state index < -0.39 is 0 Å². The number of fused-ring (bicyclic) bond motifs is 1. The summed E-state index contributed by atoms with van der Waals surface area (Å²) >= 11 is 0. The Labute approximate surface area is 215 Å². The lowest BCUT2D eigenvalue weighted by Crippen LogP contribution is -2.48. The molecule has 5 rings (SSSR count). The first kappa shape index (κ1) is 24.5. The number of amides is 1. The van der Waals surface area contributed by atoms with Crippen LogP contribution in [0.4, 0.5) is 0 Å². The highest BCUT2D eigenvalue weighted by Gasteiger charge is 2.23. The Kier molecular flexibility index (Phi) is 6.92. The molecular weight excluding hydrogens is 468 g/mol. The van der Waals surface area contributed by atoms with Crippen LogP contribution in [-0.2, 0) is 6.54 Å². The zero-order valence-electron chi connectivity index (χ0n) is 21.3. The van der Waals surface area contributed by atoms with Crippen molar-refractivity contribution in [1.29, 1.82) is 0 Å². The molecule has 2 heterocycles. The minimum atomic E-state index is -0.118. The number of methoxy groups -OCH3 is 2. The Morgan fingerprint density at radius 2 is 1.59 bits per heavy atom. The van der Waals surface area contributed by atoms with Crippen molar-refractivity contribution in [2.24, 2.45) is 0 Å². The van der Waals surface area contributed by atoms with E-state index in [1.807, 2.05) is 60.4 Å². The van der Waals surface area contributed by atoms with Crippen molar-refractivity contribution in [3.05, 3.63) is 94.0 Å². The molecule has 190 valence electrons. The zero-order valence-corrected chi connectivity index (χ0v) is 21.3. The molecule has 0 atom stereocenters. The summed E-state index contributed by atoms with van der Waals surface area (Å²) in [7, 11) is 3.26. The van der Waals surface area contributed by atoms with E-state index >= 15 is 0 Å². The maximum Gasteiger partial charge on any atom is 0.265 e. The third-order valence-corrected chi connectivity index (χ3v) is 6.83. The number of hydrogen-bond donors (Lipinski definition) is 0. The van der Waals surface area contributed by atoms with E-state index in [1.54, 1.807) is 37.0 Å². The minimum absolute atomic E-state index is 0.00183. The molecular formula is C29H30N4O4. The number of hydrogen-bond acceptors (Lipinski definition) is 6. The van der Waals surface area contributed by atoms with Gasteiger partial charge >= 0.3 is 0 Å². The average molecular weight is 499 g/mol. The summed E-state index contributed by atoms with van der Waals surface area (Å²) in [6.45, 7) is 5.48. The van der Waals surface area contributed by atoms with Gasteiger partial charge in [-0.2, -0.15) is 0 Å². The molecule has 8 nitrogen and oxygen atoms in total. The van der Waals surface area contributed by atoms with Gasteiger partial charge in [-0.1, -0.05) is 18.2 Å². The first-order chi connectivity index (χ1) is 18.0. The van der Waals surface area contributed by atoms with E-state index in [0.717, 1.165) is 25.2 Å². The second-order valence-electron chi connectivity index (χ2n) is 9.12. The van der Waals surface area contributed by atoms with Crippen molar-refractivity contribution in [3.63, 3.8) is 0 Å². The van der Waals surface area contributed by atoms with Crippen molar-refractivity contribution < 1.29 is 14.3 Å². The van der Waals surface area contributed by atoms with Gasteiger partial charge in [0.1, 0.15) is 5.82 Å². The summed E-state index contributed by atoms with van der Waals surface area (Å²) in [5, 5.41) is 0.569. The van der Waals surface area contributed by atoms with Crippen LogP contribution in [0.1, 0.15) is 21.7 Å². The number of nitrogens with zero attached hydrogens (tertiary/aromatic N) is 4. The van der Waals surface area contributed by atoms with Crippen LogP contribution < -0.4 is 15.0 Å². The first-order valence-electron chi connectivity index (χ1n) is 12.3. The van der Waals surface area contributed by atoms with Crippen LogP contribution >= 0.6 is 0 Å². The number of ether oxygens (including phenoxy) is 2. The number of carbonyl (C=O) groups is 1. The van der Waals surface area contributed by atoms with Gasteiger partial charge in [-0.3, -0.25) is 19.1 Å². The molecule has 0 aliphatic carbocycles. The van der Waals surface area contributed by atoms with E-state index in [4.69, 9.17) is 9.47 Å². The van der Waals surface area contributed by atoms with Crippen molar-refractivity contribution in [2.45, 2.75) is 13.5 Å². The molecule has 1 saturated heterocycles. The van der Waals surface area contributed by atoms with Gasteiger partial charge in [0.15, 0.2) is 11.5 Å². The Balaban J connectivity index is 1.25. The largest absolute Gasteiger partial charge is 0.493 e. The topological polar surface area (TPSA) is 76.9 Å². The highest BCUT2D eigenvalue weighted by molar-refractivity contribution is 5.94. The first-order valence-corrected chi connectivity index (χ1v) is 12.3. The molecule has 1 aliphatic rings. The van der Waals surface area contributed by atoms with Gasteiger partial charge in [0.2, 0.25) is 0 Å². The van der Waals surface area contributed by atoms with Crippen molar-refractivity contribution in [3.8, 4) is 17.2 Å². The summed E-state index contributed by atoms with van der Waals surface area (Å²) in [5.74, 6) is 2.03. The molecule has 3 aromatic carbocycles. The number of rotatable bonds is 6. The summed E-state index contributed by atoms with van der Waals surface area (Å²) in [6, 6.07) is 20.5. The predicted octanol–water partition coefficient (Wildman–Crippen LogP) is 3.67. The second-order valence-corrected chi connectivity index (χ2v) is 9.12. The fourth-order valence-electron chi connectivity index (χ4n) is 4.83. The van der Waals surface area contributed by atoms with Crippen LogP contribution in [0.3, 0.4) is 0 Å². The number of carbonyl (C=O) groups excluding carboxylic acids is 1. The van der Waals surface area contributed by atoms with Gasteiger partial charge in [-0.05, 0) is 61.0 Å². The van der Waals surface area contributed by atoms with Gasteiger partial charge in [-0.25, -0.2) is 4.98 Å². The van der Waals surface area contributed by atoms with Crippen molar-refractivity contribution in [1.82, 2.24) is 19.4 Å². The molecule has 1 fully saturated rings. The molecule has 0 saturated carbocycles. The molecule has 8 heteroatoms. The molecule has 0 spiro atoms. The minimum Gasteiger partial charge on any atom is -0.493 e. The normalized spacial score (nSPS) is 14.1. The molecule has 1 amide bonds. The van der Waals surface area contributed by atoms with Crippen LogP contribution in [0.5, 0.6) is 11.5 Å². The van der Waals surface area contributed by atoms with E-state index in [0.29, 0.717) is 52.6 Å². The second kappa shape index (κ2) is 10.4. The van der Waals surface area contributed by atoms with E-state index in [-0.39, 0.29) is 11.5 Å². The highest BCUT2D eigenvalue weighted by Crippen LogP contribution is 2.28. The quantitative estimate of drug-likeness (QED) is 0.404. The van der Waals surface area contributed by atoms with Gasteiger partial charge in [0.25, 0.3) is 11.5 Å². The monoisotopic (exact) mass is 498 g/mol. The van der Waals surface area contributed by atoms with Crippen LogP contribution in [0.25, 0.3) is 16.6 Å². The SMILES string of the molecule is COc1ccc(CN2CCN(C(=O)c3ccc(-n4c(C)nc5ccccc5c4=O)cc3)CC2)cc1OC. The fraction of sp³-hybridized carbons (Fsp3) is 0.276. The Bertz CT molecular complexity index is 1490. The summed E-state index contributed by atoms with van der Waals surface area (Å²) in [5.41, 5.74) is 3.00. The Morgan fingerprint density at radius 1 is 0.892 bits per heavy atom. The average Bonchev–Trinajstić information content (AvgIpc) is 2.93. The zero-order chi connectivity index (χ0) is 25.9. The molecule has 1 aliphatic heterocycles. The number of benzene rings is 3. The van der Waals surface area contributed by atoms with Crippen molar-refractivity contribution >= 4 is 16.8 Å². The van der Waals surface area contributed by atoms with Gasteiger partial charge < -0.3 is 14.4 Å². The number of para-hydroxylation sites is 1. The maximum absolute atomic E-state index is 13.2. The van der Waals surface area contributed by atoms with Crippen LogP contribution in [0, 0.1) is 6.92 Å². The fourth-order valence-corrected chi connectivity index (χ4v) is 4.83. The predicted molar refractivity (Wildman–Crippen MR) is 143 cm³/mol. The van der Waals surface area contributed by atoms with E-state index in [2.05, 4.69) is 9.88 Å². The summed E-state index contributed by atoms with van der Waals surface area (Å²) < 4.78 is 12.3. The molecule has 37 heavy (non-hydrogen) atoms. The molecule has 1 aromatic heterocycles. The maximum atomic E-state index is 13.2. The third-order valence-electron chi connectivity index (χ3n) is 6.83. The lowest BCUT2D eigenvalue weighted by Gasteiger charge is -2.35. The lowest BCUT2D eigenvalue weighted by atomic mass is 10.1. The summed E-state index contributed by atoms with van der Waals surface area (Å²) in [6.07, 6.45) is 0. The van der Waals surface area contributed by atoms with Crippen LogP contribution in [-0.4, -0.2) is 65.7 Å². The van der Waals surface area contributed by atoms with Gasteiger partial charge in [0, 0.05) is 38.3 Å². The Hall–Kier alpha value is -4.17. The van der Waals surface area contributed by atoms with Crippen LogP contribution in [0.15, 0.2) is 71.5 Å². The third kappa shape index (κ3) is 4.93. The highest BCUT2D eigenvalue weighted by atomic mass is 16.5. The lowest BCUT2D eigenvalue weighted by molar-refractivity contribution is 0.0628. The summed E-state index contributed by atoms with van der Waals surface area (Å²) in [4.78, 5) is 35.0.